The van der Waals surface area contributed by atoms with Gasteiger partial charge < -0.3 is 19.9 Å². The van der Waals surface area contributed by atoms with Gasteiger partial charge in [0.05, 0.1) is 18.4 Å². The summed E-state index contributed by atoms with van der Waals surface area (Å²) in [6, 6.07) is 3.46. The summed E-state index contributed by atoms with van der Waals surface area (Å²) >= 11 is 6.11. The van der Waals surface area contributed by atoms with Gasteiger partial charge >= 0.3 is 0 Å². The number of benzene rings is 1. The first kappa shape index (κ1) is 19.4. The number of aryl methyl sites for hydroxylation is 1. The number of anilines is 2. The highest BCUT2D eigenvalue weighted by molar-refractivity contribution is 6.31. The number of ether oxygens (including phenoxy) is 1. The highest BCUT2D eigenvalue weighted by atomic mass is 35.5. The van der Waals surface area contributed by atoms with E-state index in [-0.39, 0.29) is 5.91 Å². The number of methoxy groups -OCH3 is 1. The van der Waals surface area contributed by atoms with Crippen molar-refractivity contribution in [2.45, 2.75) is 13.8 Å². The molecule has 7 nitrogen and oxygen atoms in total. The number of rotatable bonds is 5. The normalized spacial score (nSPS) is 14.9. The number of halogens is 1. The molecule has 0 atom stereocenters. The summed E-state index contributed by atoms with van der Waals surface area (Å²) < 4.78 is 5.29. The van der Waals surface area contributed by atoms with Gasteiger partial charge in [-0.05, 0) is 25.1 Å². The molecule has 0 radical (unpaired) electrons. The van der Waals surface area contributed by atoms with E-state index in [9.17, 15) is 4.79 Å². The molecule has 0 saturated carbocycles. The first-order valence-electron chi connectivity index (χ1n) is 8.96. The molecule has 144 valence electrons. The molecule has 27 heavy (non-hydrogen) atoms. The van der Waals surface area contributed by atoms with Gasteiger partial charge in [-0.25, -0.2) is 9.97 Å². The van der Waals surface area contributed by atoms with E-state index in [0.717, 1.165) is 38.3 Å². The molecule has 1 fully saturated rings. The van der Waals surface area contributed by atoms with E-state index < -0.39 is 0 Å². The molecule has 1 aromatic heterocycles. The number of carbonyl (C=O) groups is 1. The summed E-state index contributed by atoms with van der Waals surface area (Å²) in [7, 11) is 1.53. The maximum atomic E-state index is 12.5. The fourth-order valence-corrected chi connectivity index (χ4v) is 3.14. The minimum atomic E-state index is -0.294. The van der Waals surface area contributed by atoms with Gasteiger partial charge in [0.15, 0.2) is 0 Å². The van der Waals surface area contributed by atoms with Crippen LogP contribution in [0.2, 0.25) is 5.02 Å². The van der Waals surface area contributed by atoms with Crippen LogP contribution in [0, 0.1) is 6.92 Å². The van der Waals surface area contributed by atoms with E-state index in [0.29, 0.717) is 28.0 Å². The molecule has 1 aliphatic rings. The van der Waals surface area contributed by atoms with Gasteiger partial charge in [0.1, 0.15) is 5.75 Å². The molecule has 0 bridgehead atoms. The van der Waals surface area contributed by atoms with E-state index in [1.54, 1.807) is 24.5 Å². The summed E-state index contributed by atoms with van der Waals surface area (Å²) in [6.45, 7) is 8.86. The molecule has 2 aromatic rings. The lowest BCUT2D eigenvalue weighted by Gasteiger charge is -2.33. The predicted molar refractivity (Wildman–Crippen MR) is 107 cm³/mol. The standard InChI is InChI=1S/C19H24ClN5O2/c1-4-24-5-7-25(8-6-24)19-21-11-14(12-22-19)18(26)23-16-9-13(2)15(20)10-17(16)27-3/h9-12H,4-8H2,1-3H3,(H,23,26). The lowest BCUT2D eigenvalue weighted by Crippen LogP contribution is -2.46. The molecule has 2 heterocycles. The second-order valence-electron chi connectivity index (χ2n) is 6.45. The Hall–Kier alpha value is -2.38. The van der Waals surface area contributed by atoms with Crippen LogP contribution in [0.4, 0.5) is 11.6 Å². The third kappa shape index (κ3) is 4.48. The molecule has 0 spiro atoms. The largest absolute Gasteiger partial charge is 0.495 e. The molecule has 1 N–H and O–H groups in total. The van der Waals surface area contributed by atoms with Crippen molar-refractivity contribution in [3.63, 3.8) is 0 Å². The summed E-state index contributed by atoms with van der Waals surface area (Å²) in [4.78, 5) is 25.8. The number of piperazine rings is 1. The highest BCUT2D eigenvalue weighted by Crippen LogP contribution is 2.31. The van der Waals surface area contributed by atoms with Crippen molar-refractivity contribution in [2.75, 3.05) is 50.1 Å². The molecular formula is C19H24ClN5O2. The van der Waals surface area contributed by atoms with Crippen molar-refractivity contribution >= 4 is 29.1 Å². The van der Waals surface area contributed by atoms with Crippen LogP contribution in [0.1, 0.15) is 22.8 Å². The number of nitrogens with zero attached hydrogens (tertiary/aromatic N) is 4. The average Bonchev–Trinajstić information content (AvgIpc) is 2.70. The first-order chi connectivity index (χ1) is 13.0. The van der Waals surface area contributed by atoms with Gasteiger partial charge in [-0.2, -0.15) is 0 Å². The molecule has 1 saturated heterocycles. The predicted octanol–water partition coefficient (Wildman–Crippen LogP) is 2.84. The SMILES string of the molecule is CCN1CCN(c2ncc(C(=O)Nc3cc(C)c(Cl)cc3OC)cn2)CC1. The molecule has 1 amide bonds. The van der Waals surface area contributed by atoms with Crippen LogP contribution < -0.4 is 15.0 Å². The van der Waals surface area contributed by atoms with Gasteiger partial charge in [-0.3, -0.25) is 4.79 Å². The Morgan fingerprint density at radius 2 is 1.89 bits per heavy atom. The third-order valence-electron chi connectivity index (χ3n) is 4.73. The number of aromatic nitrogens is 2. The Bertz CT molecular complexity index is 804. The van der Waals surface area contributed by atoms with Gasteiger partial charge in [-0.1, -0.05) is 18.5 Å². The van der Waals surface area contributed by atoms with Crippen molar-refractivity contribution in [2.24, 2.45) is 0 Å². The van der Waals surface area contributed by atoms with Crippen LogP contribution in [0.25, 0.3) is 0 Å². The van der Waals surface area contributed by atoms with Crippen LogP contribution in [0.3, 0.4) is 0 Å². The average molecular weight is 390 g/mol. The van der Waals surface area contributed by atoms with E-state index in [4.69, 9.17) is 16.3 Å². The lowest BCUT2D eigenvalue weighted by molar-refractivity contribution is 0.102. The van der Waals surface area contributed by atoms with Crippen molar-refractivity contribution in [1.82, 2.24) is 14.9 Å². The zero-order chi connectivity index (χ0) is 19.4. The summed E-state index contributed by atoms with van der Waals surface area (Å²) in [5.74, 6) is 0.866. The Labute approximate surface area is 164 Å². The number of amides is 1. The topological polar surface area (TPSA) is 70.6 Å². The maximum Gasteiger partial charge on any atom is 0.258 e. The van der Waals surface area contributed by atoms with Gasteiger partial charge in [0, 0.05) is 49.7 Å². The number of carbonyl (C=O) groups excluding carboxylic acids is 1. The van der Waals surface area contributed by atoms with E-state index in [1.165, 1.54) is 7.11 Å². The second kappa shape index (κ2) is 8.54. The Morgan fingerprint density at radius 1 is 1.22 bits per heavy atom. The van der Waals surface area contributed by atoms with Crippen LogP contribution in [0.15, 0.2) is 24.5 Å². The van der Waals surface area contributed by atoms with E-state index in [2.05, 4.69) is 32.0 Å². The van der Waals surface area contributed by atoms with Crippen LogP contribution >= 0.6 is 11.6 Å². The van der Waals surface area contributed by atoms with Crippen LogP contribution in [-0.4, -0.2) is 60.6 Å². The summed E-state index contributed by atoms with van der Waals surface area (Å²) in [5.41, 5.74) is 1.80. The Morgan fingerprint density at radius 3 is 2.48 bits per heavy atom. The number of nitrogens with one attached hydrogen (secondary N) is 1. The van der Waals surface area contributed by atoms with E-state index >= 15 is 0 Å². The molecular weight excluding hydrogens is 366 g/mol. The molecule has 0 aliphatic carbocycles. The minimum absolute atomic E-state index is 0.294. The number of likely N-dealkylation sites (N-methyl/N-ethyl adjacent to an activating group) is 1. The zero-order valence-electron chi connectivity index (χ0n) is 15.8. The highest BCUT2D eigenvalue weighted by Gasteiger charge is 2.18. The van der Waals surface area contributed by atoms with Gasteiger partial charge in [0.25, 0.3) is 5.91 Å². The van der Waals surface area contributed by atoms with Crippen molar-refractivity contribution in [3.05, 3.63) is 40.7 Å². The first-order valence-corrected chi connectivity index (χ1v) is 9.34. The minimum Gasteiger partial charge on any atom is -0.495 e. The molecule has 8 heteroatoms. The van der Waals surface area contributed by atoms with E-state index in [1.807, 2.05) is 6.92 Å². The zero-order valence-corrected chi connectivity index (χ0v) is 16.6. The smallest absolute Gasteiger partial charge is 0.258 e. The lowest BCUT2D eigenvalue weighted by atomic mass is 10.2. The molecule has 1 aliphatic heterocycles. The number of hydrogen-bond acceptors (Lipinski definition) is 6. The summed E-state index contributed by atoms with van der Waals surface area (Å²) in [5, 5.41) is 3.42. The summed E-state index contributed by atoms with van der Waals surface area (Å²) in [6.07, 6.45) is 3.11. The van der Waals surface area contributed by atoms with Crippen molar-refractivity contribution < 1.29 is 9.53 Å². The maximum absolute atomic E-state index is 12.5. The monoisotopic (exact) mass is 389 g/mol. The van der Waals surface area contributed by atoms with Crippen LogP contribution in [0.5, 0.6) is 5.75 Å². The Kier molecular flexibility index (Phi) is 6.13. The number of hydrogen-bond donors (Lipinski definition) is 1. The molecule has 3 rings (SSSR count). The molecule has 1 aromatic carbocycles. The Balaban J connectivity index is 1.69. The van der Waals surface area contributed by atoms with Crippen molar-refractivity contribution in [3.8, 4) is 5.75 Å². The third-order valence-corrected chi connectivity index (χ3v) is 5.14. The molecule has 0 unspecified atom stereocenters. The van der Waals surface area contributed by atoms with Crippen LogP contribution in [-0.2, 0) is 0 Å². The van der Waals surface area contributed by atoms with Gasteiger partial charge in [0.2, 0.25) is 5.95 Å². The van der Waals surface area contributed by atoms with Gasteiger partial charge in [-0.15, -0.1) is 0 Å². The fraction of sp³-hybridized carbons (Fsp3) is 0.421. The fourth-order valence-electron chi connectivity index (χ4n) is 2.99. The second-order valence-corrected chi connectivity index (χ2v) is 6.86. The quantitative estimate of drug-likeness (QED) is 0.847. The van der Waals surface area contributed by atoms with Crippen molar-refractivity contribution in [1.29, 1.82) is 0 Å².